The zero-order chi connectivity index (χ0) is 13.4. The van der Waals surface area contributed by atoms with Crippen molar-refractivity contribution < 1.29 is 14.6 Å². The molecule has 0 fully saturated rings. The highest BCUT2D eigenvalue weighted by Gasteiger charge is 2.03. The lowest BCUT2D eigenvalue weighted by Gasteiger charge is -2.07. The summed E-state index contributed by atoms with van der Waals surface area (Å²) in [7, 11) is 1.61. The summed E-state index contributed by atoms with van der Waals surface area (Å²) in [4.78, 5) is 11.6. The van der Waals surface area contributed by atoms with Crippen molar-refractivity contribution in [2.75, 3.05) is 13.7 Å². The first-order valence-electron chi connectivity index (χ1n) is 6.19. The van der Waals surface area contributed by atoms with Crippen LogP contribution in [0.15, 0.2) is 24.3 Å². The number of methoxy groups -OCH3 is 1. The van der Waals surface area contributed by atoms with Crippen molar-refractivity contribution in [3.63, 3.8) is 0 Å². The summed E-state index contributed by atoms with van der Waals surface area (Å²) in [6.07, 6.45) is 1.58. The van der Waals surface area contributed by atoms with E-state index < -0.39 is 0 Å². The van der Waals surface area contributed by atoms with Crippen LogP contribution in [0.1, 0.15) is 25.3 Å². The van der Waals surface area contributed by atoms with Gasteiger partial charge in [-0.15, -0.1) is 0 Å². The van der Waals surface area contributed by atoms with Crippen molar-refractivity contribution in [2.45, 2.75) is 32.3 Å². The van der Waals surface area contributed by atoms with Crippen LogP contribution in [0.25, 0.3) is 0 Å². The standard InChI is InChI=1S/C14H21NO3/c1-11(16)4-3-9-15-14(17)10-12-5-7-13(18-2)8-6-12/h5-8,11,16H,3-4,9-10H2,1-2H3,(H,15,17). The fraction of sp³-hybridized carbons (Fsp3) is 0.500. The molecule has 1 unspecified atom stereocenters. The molecule has 18 heavy (non-hydrogen) atoms. The van der Waals surface area contributed by atoms with Gasteiger partial charge in [0.05, 0.1) is 19.6 Å². The number of ether oxygens (including phenoxy) is 1. The lowest BCUT2D eigenvalue weighted by molar-refractivity contribution is -0.120. The van der Waals surface area contributed by atoms with Crippen molar-refractivity contribution in [3.8, 4) is 5.75 Å². The van der Waals surface area contributed by atoms with E-state index in [0.717, 1.165) is 17.7 Å². The first-order chi connectivity index (χ1) is 8.61. The molecule has 0 saturated carbocycles. The maximum Gasteiger partial charge on any atom is 0.224 e. The number of hydrogen-bond donors (Lipinski definition) is 2. The second-order valence-corrected chi connectivity index (χ2v) is 4.37. The Kier molecular flexibility index (Phi) is 6.22. The molecule has 0 bridgehead atoms. The normalized spacial score (nSPS) is 11.9. The molecular weight excluding hydrogens is 230 g/mol. The maximum atomic E-state index is 11.6. The highest BCUT2D eigenvalue weighted by molar-refractivity contribution is 5.78. The van der Waals surface area contributed by atoms with Crippen LogP contribution < -0.4 is 10.1 Å². The van der Waals surface area contributed by atoms with Gasteiger partial charge in [-0.25, -0.2) is 0 Å². The van der Waals surface area contributed by atoms with Gasteiger partial charge in [0.15, 0.2) is 0 Å². The minimum atomic E-state index is -0.302. The van der Waals surface area contributed by atoms with Gasteiger partial charge in [-0.3, -0.25) is 4.79 Å². The SMILES string of the molecule is COc1ccc(CC(=O)NCCCC(C)O)cc1. The van der Waals surface area contributed by atoms with Gasteiger partial charge in [0.1, 0.15) is 5.75 Å². The largest absolute Gasteiger partial charge is 0.497 e. The van der Waals surface area contributed by atoms with Gasteiger partial charge < -0.3 is 15.2 Å². The van der Waals surface area contributed by atoms with Gasteiger partial charge in [-0.1, -0.05) is 12.1 Å². The molecule has 1 rings (SSSR count). The summed E-state index contributed by atoms with van der Waals surface area (Å²) in [5, 5.41) is 11.9. The molecule has 1 aromatic rings. The predicted octanol–water partition coefficient (Wildman–Crippen LogP) is 1.51. The van der Waals surface area contributed by atoms with Crippen LogP contribution in [0.5, 0.6) is 5.75 Å². The summed E-state index contributed by atoms with van der Waals surface area (Å²) in [6.45, 7) is 2.36. The van der Waals surface area contributed by atoms with E-state index in [4.69, 9.17) is 9.84 Å². The second-order valence-electron chi connectivity index (χ2n) is 4.37. The number of rotatable bonds is 7. The number of carbonyl (C=O) groups excluding carboxylic acids is 1. The minimum Gasteiger partial charge on any atom is -0.497 e. The molecule has 4 heteroatoms. The lowest BCUT2D eigenvalue weighted by atomic mass is 10.1. The number of hydrogen-bond acceptors (Lipinski definition) is 3. The van der Waals surface area contributed by atoms with Gasteiger partial charge in [0.25, 0.3) is 0 Å². The van der Waals surface area contributed by atoms with Crippen LogP contribution in [0.2, 0.25) is 0 Å². The second kappa shape index (κ2) is 7.71. The first-order valence-corrected chi connectivity index (χ1v) is 6.19. The number of amides is 1. The monoisotopic (exact) mass is 251 g/mol. The molecule has 2 N–H and O–H groups in total. The first kappa shape index (κ1) is 14.5. The van der Waals surface area contributed by atoms with Crippen molar-refractivity contribution >= 4 is 5.91 Å². The molecule has 0 radical (unpaired) electrons. The van der Waals surface area contributed by atoms with Crippen LogP contribution in [0.4, 0.5) is 0 Å². The molecule has 100 valence electrons. The van der Waals surface area contributed by atoms with Crippen LogP contribution in [0.3, 0.4) is 0 Å². The fourth-order valence-electron chi connectivity index (χ4n) is 1.62. The third-order valence-electron chi connectivity index (χ3n) is 2.64. The molecule has 0 heterocycles. The number of aliphatic hydroxyl groups excluding tert-OH is 1. The summed E-state index contributed by atoms with van der Waals surface area (Å²) in [5.74, 6) is 0.793. The van der Waals surface area contributed by atoms with Gasteiger partial charge in [-0.2, -0.15) is 0 Å². The molecule has 1 amide bonds. The zero-order valence-electron chi connectivity index (χ0n) is 11.0. The molecule has 4 nitrogen and oxygen atoms in total. The van der Waals surface area contributed by atoms with E-state index in [0.29, 0.717) is 19.4 Å². The van der Waals surface area contributed by atoms with Crippen LogP contribution in [-0.4, -0.2) is 30.8 Å². The average Bonchev–Trinajstić information content (AvgIpc) is 2.35. The van der Waals surface area contributed by atoms with E-state index in [1.807, 2.05) is 24.3 Å². The van der Waals surface area contributed by atoms with Gasteiger partial charge >= 0.3 is 0 Å². The Hall–Kier alpha value is -1.55. The van der Waals surface area contributed by atoms with Crippen molar-refractivity contribution in [1.29, 1.82) is 0 Å². The van der Waals surface area contributed by atoms with Crippen molar-refractivity contribution in [3.05, 3.63) is 29.8 Å². The third-order valence-corrected chi connectivity index (χ3v) is 2.64. The molecule has 0 saturated heterocycles. The quantitative estimate of drug-likeness (QED) is 0.722. The van der Waals surface area contributed by atoms with E-state index in [9.17, 15) is 4.79 Å². The molecule has 1 aromatic carbocycles. The Labute approximate surface area is 108 Å². The molecule has 0 aliphatic heterocycles. The zero-order valence-corrected chi connectivity index (χ0v) is 11.0. The smallest absolute Gasteiger partial charge is 0.224 e. The topological polar surface area (TPSA) is 58.6 Å². The van der Waals surface area contributed by atoms with E-state index in [-0.39, 0.29) is 12.0 Å². The lowest BCUT2D eigenvalue weighted by Crippen LogP contribution is -2.26. The molecular formula is C14H21NO3. The van der Waals surface area contributed by atoms with Crippen LogP contribution in [0, 0.1) is 0 Å². The third kappa shape index (κ3) is 5.68. The number of carbonyl (C=O) groups is 1. The Bertz CT molecular complexity index is 360. The van der Waals surface area contributed by atoms with Crippen molar-refractivity contribution in [2.24, 2.45) is 0 Å². The number of nitrogens with one attached hydrogen (secondary N) is 1. The molecule has 0 aromatic heterocycles. The van der Waals surface area contributed by atoms with E-state index >= 15 is 0 Å². The van der Waals surface area contributed by atoms with Gasteiger partial charge in [-0.05, 0) is 37.5 Å². The highest BCUT2D eigenvalue weighted by Crippen LogP contribution is 2.11. The molecule has 1 atom stereocenters. The fourth-order valence-corrected chi connectivity index (χ4v) is 1.62. The predicted molar refractivity (Wildman–Crippen MR) is 70.6 cm³/mol. The van der Waals surface area contributed by atoms with Gasteiger partial charge in [0.2, 0.25) is 5.91 Å². The van der Waals surface area contributed by atoms with E-state index in [1.165, 1.54) is 0 Å². The van der Waals surface area contributed by atoms with Crippen molar-refractivity contribution in [1.82, 2.24) is 5.32 Å². The van der Waals surface area contributed by atoms with Crippen LogP contribution in [-0.2, 0) is 11.2 Å². The van der Waals surface area contributed by atoms with Crippen LogP contribution >= 0.6 is 0 Å². The van der Waals surface area contributed by atoms with E-state index in [1.54, 1.807) is 14.0 Å². The Morgan fingerprint density at radius 1 is 1.39 bits per heavy atom. The Morgan fingerprint density at radius 2 is 2.06 bits per heavy atom. The number of aliphatic hydroxyl groups is 1. The summed E-state index contributed by atoms with van der Waals surface area (Å²) in [6, 6.07) is 7.45. The summed E-state index contributed by atoms with van der Waals surface area (Å²) in [5.41, 5.74) is 0.962. The molecule has 0 aliphatic rings. The highest BCUT2D eigenvalue weighted by atomic mass is 16.5. The maximum absolute atomic E-state index is 11.6. The summed E-state index contributed by atoms with van der Waals surface area (Å²) >= 11 is 0. The summed E-state index contributed by atoms with van der Waals surface area (Å²) < 4.78 is 5.05. The minimum absolute atomic E-state index is 0.00533. The number of benzene rings is 1. The Morgan fingerprint density at radius 3 is 2.61 bits per heavy atom. The van der Waals surface area contributed by atoms with E-state index in [2.05, 4.69) is 5.32 Å². The van der Waals surface area contributed by atoms with Gasteiger partial charge in [0, 0.05) is 6.54 Å². The average molecular weight is 251 g/mol. The molecule has 0 spiro atoms. The molecule has 0 aliphatic carbocycles. The Balaban J connectivity index is 2.26.